The van der Waals surface area contributed by atoms with Crippen LogP contribution in [0.3, 0.4) is 0 Å². The van der Waals surface area contributed by atoms with Crippen molar-refractivity contribution in [3.63, 3.8) is 0 Å². The fourth-order valence-corrected chi connectivity index (χ4v) is 4.68. The molecular weight excluding hydrogens is 262 g/mol. The van der Waals surface area contributed by atoms with E-state index >= 15 is 0 Å². The topological polar surface area (TPSA) is 63.2 Å². The van der Waals surface area contributed by atoms with Crippen molar-refractivity contribution in [2.75, 3.05) is 18.1 Å². The summed E-state index contributed by atoms with van der Waals surface area (Å²) in [6, 6.07) is 0. The molecule has 2 atom stereocenters. The second kappa shape index (κ2) is 6.55. The minimum absolute atomic E-state index is 0.0551. The van der Waals surface area contributed by atoms with Crippen LogP contribution in [0.25, 0.3) is 0 Å². The lowest BCUT2D eigenvalue weighted by molar-refractivity contribution is -0.121. The molecule has 0 aromatic carbocycles. The Labute approximate surface area is 115 Å². The summed E-state index contributed by atoms with van der Waals surface area (Å²) in [7, 11) is -2.87. The predicted octanol–water partition coefficient (Wildman–Crippen LogP) is 1.67. The van der Waals surface area contributed by atoms with Gasteiger partial charge in [-0.3, -0.25) is 4.79 Å². The van der Waals surface area contributed by atoms with E-state index in [1.807, 2.05) is 0 Å². The van der Waals surface area contributed by atoms with Crippen molar-refractivity contribution in [1.82, 2.24) is 5.32 Å². The summed E-state index contributed by atoms with van der Waals surface area (Å²) in [5.41, 5.74) is 0. The molecule has 1 N–H and O–H groups in total. The first-order valence-corrected chi connectivity index (χ1v) is 9.01. The maximum Gasteiger partial charge on any atom is 0.220 e. The van der Waals surface area contributed by atoms with E-state index in [9.17, 15) is 13.2 Å². The predicted molar refractivity (Wildman–Crippen MR) is 75.5 cm³/mol. The number of carbonyl (C=O) groups excluding carboxylic acids is 1. The van der Waals surface area contributed by atoms with E-state index in [0.29, 0.717) is 24.6 Å². The molecule has 1 saturated heterocycles. The molecule has 0 bridgehead atoms. The minimum Gasteiger partial charge on any atom is -0.356 e. The van der Waals surface area contributed by atoms with Crippen molar-refractivity contribution < 1.29 is 13.2 Å². The van der Waals surface area contributed by atoms with Crippen molar-refractivity contribution >= 4 is 15.7 Å². The van der Waals surface area contributed by atoms with Crippen LogP contribution in [0.1, 0.15) is 38.5 Å². The van der Waals surface area contributed by atoms with E-state index in [-0.39, 0.29) is 17.6 Å². The first-order valence-electron chi connectivity index (χ1n) is 7.19. The van der Waals surface area contributed by atoms with E-state index in [2.05, 4.69) is 17.5 Å². The summed E-state index contributed by atoms with van der Waals surface area (Å²) < 4.78 is 23.0. The smallest absolute Gasteiger partial charge is 0.220 e. The Balaban J connectivity index is 1.71. The fraction of sp³-hybridized carbons (Fsp3) is 0.786. The highest BCUT2D eigenvalue weighted by molar-refractivity contribution is 7.91. The van der Waals surface area contributed by atoms with Gasteiger partial charge in [0.2, 0.25) is 5.91 Å². The van der Waals surface area contributed by atoms with Gasteiger partial charge in [0.05, 0.1) is 11.5 Å². The van der Waals surface area contributed by atoms with Crippen LogP contribution < -0.4 is 5.32 Å². The Hall–Kier alpha value is -0.840. The number of nitrogens with one attached hydrogen (secondary N) is 1. The van der Waals surface area contributed by atoms with Gasteiger partial charge in [0.25, 0.3) is 0 Å². The largest absolute Gasteiger partial charge is 0.356 e. The third-order valence-corrected chi connectivity index (χ3v) is 5.84. The molecule has 1 fully saturated rings. The summed E-state index contributed by atoms with van der Waals surface area (Å²) in [5.74, 6) is 1.06. The van der Waals surface area contributed by atoms with Gasteiger partial charge in [0.15, 0.2) is 9.84 Å². The third-order valence-electron chi connectivity index (χ3n) is 3.95. The zero-order valence-electron chi connectivity index (χ0n) is 11.3. The molecule has 4 nitrogen and oxygen atoms in total. The molecule has 19 heavy (non-hydrogen) atoms. The van der Waals surface area contributed by atoms with Crippen molar-refractivity contribution in [2.45, 2.75) is 38.5 Å². The molecule has 0 spiro atoms. The number of carbonyl (C=O) groups is 1. The van der Waals surface area contributed by atoms with Crippen LogP contribution in [0.15, 0.2) is 12.2 Å². The Morgan fingerprint density at radius 3 is 2.79 bits per heavy atom. The molecule has 1 aliphatic heterocycles. The highest BCUT2D eigenvalue weighted by Gasteiger charge is 2.25. The standard InChI is InChI=1S/C14H23NO3S/c16-14(9-12-5-2-1-3-6-12)15-10-13-7-4-8-19(17,18)11-13/h2,5,12-13H,1,3-4,6-11H2,(H,15,16). The van der Waals surface area contributed by atoms with Gasteiger partial charge in [-0.15, -0.1) is 0 Å². The van der Waals surface area contributed by atoms with E-state index in [0.717, 1.165) is 32.1 Å². The Morgan fingerprint density at radius 1 is 1.26 bits per heavy atom. The van der Waals surface area contributed by atoms with Crippen LogP contribution >= 0.6 is 0 Å². The van der Waals surface area contributed by atoms with Gasteiger partial charge in [-0.2, -0.15) is 0 Å². The van der Waals surface area contributed by atoms with Crippen LogP contribution in [0.2, 0.25) is 0 Å². The van der Waals surface area contributed by atoms with Crippen molar-refractivity contribution in [3.05, 3.63) is 12.2 Å². The highest BCUT2D eigenvalue weighted by atomic mass is 32.2. The number of hydrogen-bond acceptors (Lipinski definition) is 3. The Kier molecular flexibility index (Phi) is 5.02. The van der Waals surface area contributed by atoms with Gasteiger partial charge in [-0.25, -0.2) is 8.42 Å². The van der Waals surface area contributed by atoms with Gasteiger partial charge >= 0.3 is 0 Å². The normalized spacial score (nSPS) is 29.9. The zero-order chi connectivity index (χ0) is 13.7. The first kappa shape index (κ1) is 14.6. The lowest BCUT2D eigenvalue weighted by Gasteiger charge is -2.22. The van der Waals surface area contributed by atoms with E-state index in [1.165, 1.54) is 0 Å². The van der Waals surface area contributed by atoms with E-state index < -0.39 is 9.84 Å². The molecule has 2 unspecified atom stereocenters. The summed E-state index contributed by atoms with van der Waals surface area (Å²) in [6.07, 6.45) is 9.82. The zero-order valence-corrected chi connectivity index (χ0v) is 12.1. The fourth-order valence-electron chi connectivity index (χ4n) is 2.90. The molecule has 5 heteroatoms. The second-order valence-electron chi connectivity index (χ2n) is 5.75. The molecule has 1 heterocycles. The van der Waals surface area contributed by atoms with E-state index in [4.69, 9.17) is 0 Å². The highest BCUT2D eigenvalue weighted by Crippen LogP contribution is 2.20. The maximum atomic E-state index is 11.8. The molecule has 0 saturated carbocycles. The third kappa shape index (κ3) is 4.97. The van der Waals surface area contributed by atoms with Crippen LogP contribution in [-0.2, 0) is 14.6 Å². The van der Waals surface area contributed by atoms with Gasteiger partial charge < -0.3 is 5.32 Å². The van der Waals surface area contributed by atoms with Crippen molar-refractivity contribution in [1.29, 1.82) is 0 Å². The molecule has 1 aliphatic carbocycles. The average Bonchev–Trinajstić information content (AvgIpc) is 2.36. The molecule has 2 aliphatic rings. The summed E-state index contributed by atoms with van der Waals surface area (Å²) >= 11 is 0. The van der Waals surface area contributed by atoms with Gasteiger partial charge in [-0.1, -0.05) is 12.2 Å². The number of allylic oxidation sites excluding steroid dienone is 2. The van der Waals surface area contributed by atoms with Crippen LogP contribution in [0, 0.1) is 11.8 Å². The molecule has 0 aromatic rings. The van der Waals surface area contributed by atoms with Gasteiger partial charge in [0.1, 0.15) is 0 Å². The minimum atomic E-state index is -2.87. The molecular formula is C14H23NO3S. The Morgan fingerprint density at radius 2 is 2.11 bits per heavy atom. The first-order chi connectivity index (χ1) is 9.05. The van der Waals surface area contributed by atoms with Gasteiger partial charge in [0, 0.05) is 13.0 Å². The van der Waals surface area contributed by atoms with Crippen LogP contribution in [0.4, 0.5) is 0 Å². The van der Waals surface area contributed by atoms with Crippen molar-refractivity contribution in [3.8, 4) is 0 Å². The summed E-state index contributed by atoms with van der Waals surface area (Å²) in [6.45, 7) is 0.508. The molecule has 2 rings (SSSR count). The average molecular weight is 285 g/mol. The molecule has 1 amide bonds. The van der Waals surface area contributed by atoms with Crippen LogP contribution in [0.5, 0.6) is 0 Å². The quantitative estimate of drug-likeness (QED) is 0.799. The molecule has 108 valence electrons. The van der Waals surface area contributed by atoms with Crippen LogP contribution in [-0.4, -0.2) is 32.4 Å². The van der Waals surface area contributed by atoms with Gasteiger partial charge in [-0.05, 0) is 43.9 Å². The SMILES string of the molecule is O=C(CC1C=CCCC1)NCC1CCCS(=O)(=O)C1. The number of amides is 1. The maximum absolute atomic E-state index is 11.8. The number of sulfone groups is 1. The van der Waals surface area contributed by atoms with Crippen molar-refractivity contribution in [2.24, 2.45) is 11.8 Å². The second-order valence-corrected chi connectivity index (χ2v) is 7.98. The molecule has 0 radical (unpaired) electrons. The monoisotopic (exact) mass is 285 g/mol. The Bertz CT molecular complexity index is 442. The summed E-state index contributed by atoms with van der Waals surface area (Å²) in [5, 5.41) is 2.90. The number of rotatable bonds is 4. The lowest BCUT2D eigenvalue weighted by atomic mass is 9.93. The van der Waals surface area contributed by atoms with E-state index in [1.54, 1.807) is 0 Å². The molecule has 0 aromatic heterocycles. The number of hydrogen-bond donors (Lipinski definition) is 1. The summed E-state index contributed by atoms with van der Waals surface area (Å²) in [4.78, 5) is 11.8. The lowest BCUT2D eigenvalue weighted by Crippen LogP contribution is -2.36.